The third-order valence-electron chi connectivity index (χ3n) is 3.44. The summed E-state index contributed by atoms with van der Waals surface area (Å²) in [4.78, 5) is 0. The fraction of sp³-hybridized carbons (Fsp3) is 0.300. The van der Waals surface area contributed by atoms with Crippen LogP contribution in [0.25, 0.3) is 11.1 Å². The van der Waals surface area contributed by atoms with Crippen LogP contribution in [0.4, 0.5) is 0 Å². The van der Waals surface area contributed by atoms with Crippen LogP contribution in [-0.4, -0.2) is 13.4 Å². The van der Waals surface area contributed by atoms with Crippen molar-refractivity contribution in [2.24, 2.45) is 0 Å². The molecule has 1 atom stereocenters. The van der Waals surface area contributed by atoms with Crippen molar-refractivity contribution < 1.29 is 0 Å². The molecule has 0 heterocycles. The summed E-state index contributed by atoms with van der Waals surface area (Å²) in [5.74, 6) is 3.85. The first-order chi connectivity index (χ1) is 10.5. The van der Waals surface area contributed by atoms with E-state index in [1.807, 2.05) is 0 Å². The first-order valence-corrected chi connectivity index (χ1v) is 12.4. The van der Waals surface area contributed by atoms with Gasteiger partial charge in [-0.25, -0.2) is 0 Å². The number of hydrogen-bond donors (Lipinski definition) is 0. The molecule has 0 aliphatic rings. The Balaban J connectivity index is 2.24. The molecule has 0 aliphatic heterocycles. The molecular formula is C20H23BrSi. The topological polar surface area (TPSA) is 0 Å². The Labute approximate surface area is 144 Å². The minimum atomic E-state index is -1.32. The molecule has 0 nitrogen and oxygen atoms in total. The van der Waals surface area contributed by atoms with Crippen molar-refractivity contribution in [2.45, 2.75) is 32.0 Å². The Hall–Kier alpha value is -1.30. The van der Waals surface area contributed by atoms with Gasteiger partial charge in [-0.1, -0.05) is 90.2 Å². The van der Waals surface area contributed by atoms with E-state index in [4.69, 9.17) is 0 Å². The highest BCUT2D eigenvalue weighted by molar-refractivity contribution is 9.09. The highest BCUT2D eigenvalue weighted by atomic mass is 79.9. The van der Waals surface area contributed by atoms with Crippen molar-refractivity contribution in [3.8, 4) is 22.6 Å². The van der Waals surface area contributed by atoms with E-state index in [2.05, 4.69) is 102 Å². The van der Waals surface area contributed by atoms with Crippen molar-refractivity contribution in [1.82, 2.24) is 0 Å². The van der Waals surface area contributed by atoms with Gasteiger partial charge < -0.3 is 0 Å². The Kier molecular flexibility index (Phi) is 6.05. The van der Waals surface area contributed by atoms with E-state index in [1.165, 1.54) is 16.7 Å². The predicted octanol–water partition coefficient (Wildman–Crippen LogP) is 6.10. The van der Waals surface area contributed by atoms with Crippen LogP contribution >= 0.6 is 15.9 Å². The maximum absolute atomic E-state index is 3.56. The number of alkyl halides is 1. The zero-order valence-electron chi connectivity index (χ0n) is 13.6. The average Bonchev–Trinajstić information content (AvgIpc) is 2.52. The SMILES string of the molecule is C[Si](C)(C)C#C[C@H](CCBr)c1ccc(-c2ccccc2)cc1. The molecule has 0 bridgehead atoms. The molecule has 2 rings (SSSR count). The van der Waals surface area contributed by atoms with Crippen LogP contribution in [-0.2, 0) is 0 Å². The smallest absolute Gasteiger partial charge is 0.129 e. The van der Waals surface area contributed by atoms with E-state index in [1.54, 1.807) is 0 Å². The second kappa shape index (κ2) is 7.81. The first-order valence-electron chi connectivity index (χ1n) is 7.73. The highest BCUT2D eigenvalue weighted by Gasteiger charge is 2.12. The van der Waals surface area contributed by atoms with Crippen LogP contribution in [0.1, 0.15) is 17.9 Å². The lowest BCUT2D eigenvalue weighted by molar-refractivity contribution is 0.844. The first kappa shape index (κ1) is 17.1. The minimum absolute atomic E-state index is 0.330. The molecule has 22 heavy (non-hydrogen) atoms. The van der Waals surface area contributed by atoms with Crippen LogP contribution in [0.15, 0.2) is 54.6 Å². The van der Waals surface area contributed by atoms with E-state index < -0.39 is 8.07 Å². The second-order valence-electron chi connectivity index (χ2n) is 6.54. The molecule has 0 spiro atoms. The third-order valence-corrected chi connectivity index (χ3v) is 4.79. The summed E-state index contributed by atoms with van der Waals surface area (Å²) in [6.45, 7) is 6.89. The summed E-state index contributed by atoms with van der Waals surface area (Å²) in [6, 6.07) is 19.4. The zero-order valence-corrected chi connectivity index (χ0v) is 16.2. The molecule has 0 saturated carbocycles. The largest absolute Gasteiger partial charge is 0.131 e. The van der Waals surface area contributed by atoms with Gasteiger partial charge >= 0.3 is 0 Å². The summed E-state index contributed by atoms with van der Waals surface area (Å²) < 4.78 is 0. The minimum Gasteiger partial charge on any atom is -0.131 e. The summed E-state index contributed by atoms with van der Waals surface area (Å²) in [5.41, 5.74) is 7.37. The molecule has 114 valence electrons. The molecular weight excluding hydrogens is 348 g/mol. The highest BCUT2D eigenvalue weighted by Crippen LogP contribution is 2.25. The molecule has 2 aromatic carbocycles. The van der Waals surface area contributed by atoms with Crippen LogP contribution in [0.2, 0.25) is 19.6 Å². The molecule has 0 aromatic heterocycles. The Morgan fingerprint density at radius 2 is 1.50 bits per heavy atom. The van der Waals surface area contributed by atoms with Crippen molar-refractivity contribution in [2.75, 3.05) is 5.33 Å². The molecule has 0 N–H and O–H groups in total. The second-order valence-corrected chi connectivity index (χ2v) is 12.1. The Morgan fingerprint density at radius 3 is 2.05 bits per heavy atom. The van der Waals surface area contributed by atoms with Gasteiger partial charge in [0.25, 0.3) is 0 Å². The maximum Gasteiger partial charge on any atom is 0.129 e. The van der Waals surface area contributed by atoms with E-state index in [0.29, 0.717) is 5.92 Å². The van der Waals surface area contributed by atoms with Crippen molar-refractivity contribution in [1.29, 1.82) is 0 Å². The number of rotatable bonds is 4. The van der Waals surface area contributed by atoms with Gasteiger partial charge in [-0.05, 0) is 23.1 Å². The maximum atomic E-state index is 3.56. The predicted molar refractivity (Wildman–Crippen MR) is 104 cm³/mol. The molecule has 0 amide bonds. The normalized spacial score (nSPS) is 12.4. The molecule has 0 unspecified atom stereocenters. The van der Waals surface area contributed by atoms with Gasteiger partial charge in [0.2, 0.25) is 0 Å². The zero-order chi connectivity index (χ0) is 16.0. The molecule has 2 aromatic rings. The third kappa shape index (κ3) is 5.16. The number of benzene rings is 2. The van der Waals surface area contributed by atoms with E-state index in [9.17, 15) is 0 Å². The van der Waals surface area contributed by atoms with Gasteiger partial charge in [0.05, 0.1) is 0 Å². The Bertz CT molecular complexity index is 642. The van der Waals surface area contributed by atoms with Gasteiger partial charge in [-0.2, -0.15) is 0 Å². The van der Waals surface area contributed by atoms with Gasteiger partial charge in [0, 0.05) is 11.2 Å². The fourth-order valence-corrected chi connectivity index (χ4v) is 3.34. The molecule has 0 aliphatic carbocycles. The lowest BCUT2D eigenvalue weighted by Gasteiger charge is -2.12. The van der Waals surface area contributed by atoms with Crippen LogP contribution < -0.4 is 0 Å². The Morgan fingerprint density at radius 1 is 0.909 bits per heavy atom. The van der Waals surface area contributed by atoms with Crippen molar-refractivity contribution in [3.05, 3.63) is 60.2 Å². The lowest BCUT2D eigenvalue weighted by Crippen LogP contribution is -2.17. The molecule has 0 saturated heterocycles. The standard InChI is InChI=1S/C20H23BrSi/c1-22(2,3)16-14-20(13-15-21)19-11-9-18(10-12-19)17-7-5-4-6-8-17/h4-12,20H,13,15H2,1-3H3/t20-/m0/s1. The fourth-order valence-electron chi connectivity index (χ4n) is 2.27. The van der Waals surface area contributed by atoms with Gasteiger partial charge in [0.1, 0.15) is 8.07 Å². The van der Waals surface area contributed by atoms with Crippen molar-refractivity contribution >= 4 is 24.0 Å². The van der Waals surface area contributed by atoms with Crippen LogP contribution in [0.3, 0.4) is 0 Å². The van der Waals surface area contributed by atoms with Gasteiger partial charge in [-0.3, -0.25) is 0 Å². The monoisotopic (exact) mass is 370 g/mol. The molecule has 0 fully saturated rings. The summed E-state index contributed by atoms with van der Waals surface area (Å²) in [6.07, 6.45) is 1.06. The average molecular weight is 371 g/mol. The van der Waals surface area contributed by atoms with Gasteiger partial charge in [0.15, 0.2) is 0 Å². The summed E-state index contributed by atoms with van der Waals surface area (Å²) in [7, 11) is -1.32. The van der Waals surface area contributed by atoms with Crippen molar-refractivity contribution in [3.63, 3.8) is 0 Å². The van der Waals surface area contributed by atoms with E-state index >= 15 is 0 Å². The van der Waals surface area contributed by atoms with E-state index in [-0.39, 0.29) is 0 Å². The number of halogens is 1. The summed E-state index contributed by atoms with van der Waals surface area (Å²) >= 11 is 3.56. The molecule has 2 heteroatoms. The quantitative estimate of drug-likeness (QED) is 0.346. The van der Waals surface area contributed by atoms with Crippen LogP contribution in [0, 0.1) is 11.5 Å². The van der Waals surface area contributed by atoms with Gasteiger partial charge in [-0.15, -0.1) is 11.5 Å². The molecule has 0 radical (unpaired) electrons. The number of hydrogen-bond acceptors (Lipinski definition) is 0. The van der Waals surface area contributed by atoms with E-state index in [0.717, 1.165) is 11.8 Å². The lowest BCUT2D eigenvalue weighted by atomic mass is 9.95. The van der Waals surface area contributed by atoms with Crippen LogP contribution in [0.5, 0.6) is 0 Å². The summed E-state index contributed by atoms with van der Waals surface area (Å²) in [5, 5.41) is 0.985.